The molecule has 0 saturated carbocycles. The molecule has 8 heteroatoms. The number of nitrogens with zero attached hydrogens (tertiary/aromatic N) is 3. The molecule has 0 bridgehead atoms. The fourth-order valence-electron chi connectivity index (χ4n) is 4.27. The average molecular weight is 464 g/mol. The molecule has 3 aromatic rings. The van der Waals surface area contributed by atoms with Gasteiger partial charge in [-0.15, -0.1) is 0 Å². The Morgan fingerprint density at radius 1 is 0.971 bits per heavy atom. The molecular weight excluding hydrogens is 434 g/mol. The highest BCUT2D eigenvalue weighted by Crippen LogP contribution is 2.34. The van der Waals surface area contributed by atoms with Crippen LogP contribution in [-0.2, 0) is 9.53 Å². The first-order valence-electron chi connectivity index (χ1n) is 11.3. The fraction of sp³-hybridized carbons (Fsp3) is 0.346. The summed E-state index contributed by atoms with van der Waals surface area (Å²) in [4.78, 5) is 27.1. The number of benzene rings is 2. The fourth-order valence-corrected chi connectivity index (χ4v) is 4.27. The van der Waals surface area contributed by atoms with Gasteiger partial charge in [-0.25, -0.2) is 4.68 Å². The summed E-state index contributed by atoms with van der Waals surface area (Å²) in [6.07, 6.45) is 3.70. The minimum atomic E-state index is -0.204. The van der Waals surface area contributed by atoms with Crippen LogP contribution in [0.3, 0.4) is 0 Å². The molecule has 1 amide bonds. The number of para-hydroxylation sites is 1. The predicted octanol–water partition coefficient (Wildman–Crippen LogP) is 3.97. The molecule has 0 radical (unpaired) electrons. The Morgan fingerprint density at radius 3 is 2.32 bits per heavy atom. The Morgan fingerprint density at radius 2 is 1.68 bits per heavy atom. The van der Waals surface area contributed by atoms with Crippen LogP contribution in [0.4, 0.5) is 0 Å². The van der Waals surface area contributed by atoms with E-state index in [4.69, 9.17) is 19.3 Å². The van der Waals surface area contributed by atoms with Crippen molar-refractivity contribution in [1.82, 2.24) is 14.7 Å². The van der Waals surface area contributed by atoms with E-state index < -0.39 is 0 Å². The van der Waals surface area contributed by atoms with Gasteiger partial charge in [0, 0.05) is 31.3 Å². The van der Waals surface area contributed by atoms with Gasteiger partial charge in [0.1, 0.15) is 5.69 Å². The van der Waals surface area contributed by atoms with Crippen LogP contribution in [0.1, 0.15) is 29.6 Å². The van der Waals surface area contributed by atoms with E-state index in [0.29, 0.717) is 42.3 Å². The van der Waals surface area contributed by atoms with Crippen LogP contribution in [0.5, 0.6) is 11.5 Å². The quantitative estimate of drug-likeness (QED) is 0.493. The maximum atomic E-state index is 13.6. The van der Waals surface area contributed by atoms with Crippen LogP contribution in [0.15, 0.2) is 54.7 Å². The Balaban J connectivity index is 1.66. The molecule has 1 saturated heterocycles. The summed E-state index contributed by atoms with van der Waals surface area (Å²) in [6, 6.07) is 15.2. The summed E-state index contributed by atoms with van der Waals surface area (Å²) in [5, 5.41) is 4.77. The number of carbonyl (C=O) groups is 2. The van der Waals surface area contributed by atoms with Crippen LogP contribution in [0.2, 0.25) is 0 Å². The minimum Gasteiger partial charge on any atom is -0.493 e. The topological polar surface area (TPSA) is 82.9 Å². The van der Waals surface area contributed by atoms with E-state index in [1.54, 1.807) is 25.1 Å². The zero-order chi connectivity index (χ0) is 24.1. The molecular formula is C26H29N3O5. The molecule has 2 aromatic carbocycles. The molecule has 0 unspecified atom stereocenters. The first kappa shape index (κ1) is 23.4. The molecule has 1 aliphatic rings. The molecule has 0 spiro atoms. The highest BCUT2D eigenvalue weighted by Gasteiger charge is 2.28. The Kier molecular flexibility index (Phi) is 7.15. The van der Waals surface area contributed by atoms with Crippen molar-refractivity contribution < 1.29 is 23.8 Å². The van der Waals surface area contributed by atoms with Gasteiger partial charge in [-0.3, -0.25) is 9.59 Å². The second-order valence-electron chi connectivity index (χ2n) is 8.26. The van der Waals surface area contributed by atoms with Gasteiger partial charge in [0.25, 0.3) is 5.91 Å². The van der Waals surface area contributed by atoms with Gasteiger partial charge in [-0.1, -0.05) is 18.2 Å². The van der Waals surface area contributed by atoms with Gasteiger partial charge in [-0.2, -0.15) is 5.10 Å². The number of likely N-dealkylation sites (tertiary alicyclic amines) is 1. The first-order chi connectivity index (χ1) is 16.5. The first-order valence-corrected chi connectivity index (χ1v) is 11.3. The summed E-state index contributed by atoms with van der Waals surface area (Å²) in [6.45, 7) is 1.17. The van der Waals surface area contributed by atoms with Crippen LogP contribution >= 0.6 is 0 Å². The number of aromatic nitrogens is 2. The van der Waals surface area contributed by atoms with E-state index in [9.17, 15) is 9.59 Å². The standard InChI is InChI=1S/C26H29N3O5/c1-32-22-10-9-19(16-23(22)33-2)25-21(17-29(27-25)20-7-5-4-6-8-20)26(31)28-13-11-18(12-14-28)15-24(30)34-3/h4-10,16-18H,11-15H2,1-3H3. The molecule has 178 valence electrons. The monoisotopic (exact) mass is 463 g/mol. The zero-order valence-electron chi connectivity index (χ0n) is 19.7. The third kappa shape index (κ3) is 4.90. The maximum Gasteiger partial charge on any atom is 0.305 e. The Hall–Kier alpha value is -3.81. The number of amides is 1. The van der Waals surface area contributed by atoms with Crippen molar-refractivity contribution >= 4 is 11.9 Å². The second-order valence-corrected chi connectivity index (χ2v) is 8.26. The van der Waals surface area contributed by atoms with Crippen molar-refractivity contribution in [2.75, 3.05) is 34.4 Å². The summed E-state index contributed by atoms with van der Waals surface area (Å²) in [5.74, 6) is 1.12. The smallest absolute Gasteiger partial charge is 0.305 e. The summed E-state index contributed by atoms with van der Waals surface area (Å²) in [7, 11) is 4.57. The lowest BCUT2D eigenvalue weighted by molar-refractivity contribution is -0.142. The molecule has 4 rings (SSSR count). The van der Waals surface area contributed by atoms with E-state index in [0.717, 1.165) is 24.1 Å². The van der Waals surface area contributed by atoms with Crippen LogP contribution in [0.25, 0.3) is 16.9 Å². The van der Waals surface area contributed by atoms with Gasteiger partial charge in [0.05, 0.1) is 32.6 Å². The van der Waals surface area contributed by atoms with E-state index in [1.807, 2.05) is 53.4 Å². The summed E-state index contributed by atoms with van der Waals surface area (Å²) >= 11 is 0. The lowest BCUT2D eigenvalue weighted by atomic mass is 9.93. The number of ether oxygens (including phenoxy) is 3. The molecule has 8 nitrogen and oxygen atoms in total. The van der Waals surface area contributed by atoms with Gasteiger partial charge in [0.15, 0.2) is 11.5 Å². The van der Waals surface area contributed by atoms with E-state index in [-0.39, 0.29) is 17.8 Å². The zero-order valence-corrected chi connectivity index (χ0v) is 19.7. The molecule has 1 aromatic heterocycles. The minimum absolute atomic E-state index is 0.0801. The number of hydrogen-bond donors (Lipinski definition) is 0. The lowest BCUT2D eigenvalue weighted by Gasteiger charge is -2.31. The normalized spacial score (nSPS) is 14.0. The van der Waals surface area contributed by atoms with Gasteiger partial charge in [0.2, 0.25) is 0 Å². The molecule has 2 heterocycles. The van der Waals surface area contributed by atoms with Crippen molar-refractivity contribution in [3.63, 3.8) is 0 Å². The molecule has 0 N–H and O–H groups in total. The number of methoxy groups -OCH3 is 3. The van der Waals surface area contributed by atoms with E-state index in [2.05, 4.69) is 0 Å². The highest BCUT2D eigenvalue weighted by atomic mass is 16.5. The molecule has 1 fully saturated rings. The molecule has 0 aliphatic carbocycles. The Labute approximate surface area is 199 Å². The van der Waals surface area contributed by atoms with Crippen molar-refractivity contribution in [2.45, 2.75) is 19.3 Å². The number of piperidine rings is 1. The van der Waals surface area contributed by atoms with Crippen LogP contribution in [0, 0.1) is 5.92 Å². The van der Waals surface area contributed by atoms with Crippen molar-refractivity contribution in [3.05, 3.63) is 60.3 Å². The van der Waals surface area contributed by atoms with Gasteiger partial charge >= 0.3 is 5.97 Å². The SMILES string of the molecule is COC(=O)CC1CCN(C(=O)c2cn(-c3ccccc3)nc2-c2ccc(OC)c(OC)c2)CC1. The van der Waals surface area contributed by atoms with Gasteiger partial charge < -0.3 is 19.1 Å². The van der Waals surface area contributed by atoms with Gasteiger partial charge in [-0.05, 0) is 49.1 Å². The third-order valence-corrected chi connectivity index (χ3v) is 6.21. The van der Waals surface area contributed by atoms with Crippen LogP contribution in [-0.4, -0.2) is 61.0 Å². The average Bonchev–Trinajstić information content (AvgIpc) is 3.34. The van der Waals surface area contributed by atoms with Crippen molar-refractivity contribution in [3.8, 4) is 28.4 Å². The molecule has 0 atom stereocenters. The number of rotatable bonds is 7. The Bertz CT molecular complexity index is 1150. The summed E-state index contributed by atoms with van der Waals surface area (Å²) in [5.41, 5.74) is 2.71. The number of hydrogen-bond acceptors (Lipinski definition) is 6. The summed E-state index contributed by atoms with van der Waals surface area (Å²) < 4.78 is 17.3. The van der Waals surface area contributed by atoms with E-state index >= 15 is 0 Å². The molecule has 34 heavy (non-hydrogen) atoms. The van der Waals surface area contributed by atoms with Crippen LogP contribution < -0.4 is 9.47 Å². The third-order valence-electron chi connectivity index (χ3n) is 6.21. The predicted molar refractivity (Wildman–Crippen MR) is 127 cm³/mol. The van der Waals surface area contributed by atoms with E-state index in [1.165, 1.54) is 7.11 Å². The highest BCUT2D eigenvalue weighted by molar-refractivity contribution is 6.00. The second kappa shape index (κ2) is 10.4. The molecule has 1 aliphatic heterocycles. The largest absolute Gasteiger partial charge is 0.493 e. The number of carbonyl (C=O) groups excluding carboxylic acids is 2. The van der Waals surface area contributed by atoms with Crippen molar-refractivity contribution in [1.29, 1.82) is 0 Å². The maximum absolute atomic E-state index is 13.6. The van der Waals surface area contributed by atoms with Crippen molar-refractivity contribution in [2.24, 2.45) is 5.92 Å². The number of esters is 1. The lowest BCUT2D eigenvalue weighted by Crippen LogP contribution is -2.39.